The lowest BCUT2D eigenvalue weighted by Crippen LogP contribution is -2.23. The standard InChI is InChI=1S/C32H8F6N10/c1-41-29(32-47-26-8-19(37)20(38)9-27(26)48-32)28-3-12(13(10-39)30-43-22-4-15(33)16(34)5-23(22)44-30)2-21(42-28)14(11-40)31-45-24-6-17(35)18(36)7-25(24)46-31/h2-9H. The summed E-state index contributed by atoms with van der Waals surface area (Å²) in [5.74, 6) is -8.10. The molecule has 0 atom stereocenters. The summed E-state index contributed by atoms with van der Waals surface area (Å²) in [5, 5.41) is 19.9. The summed E-state index contributed by atoms with van der Waals surface area (Å²) in [6.07, 6.45) is 0. The van der Waals surface area contributed by atoms with Crippen LogP contribution in [0.3, 0.4) is 0 Å². The fourth-order valence-corrected chi connectivity index (χ4v) is 4.82. The molecule has 4 heterocycles. The quantitative estimate of drug-likeness (QED) is 0.192. The number of allylic oxidation sites excluding steroid dienone is 2. The maximum absolute atomic E-state index is 13.9. The summed E-state index contributed by atoms with van der Waals surface area (Å²) >= 11 is 0. The van der Waals surface area contributed by atoms with Crippen LogP contribution in [-0.2, 0) is 0 Å². The van der Waals surface area contributed by atoms with Crippen LogP contribution in [0.15, 0.2) is 95.9 Å². The van der Waals surface area contributed by atoms with Crippen LogP contribution < -0.4 is 32.1 Å². The van der Waals surface area contributed by atoms with Gasteiger partial charge in [-0.05, 0) is 17.7 Å². The maximum atomic E-state index is 13.9. The van der Waals surface area contributed by atoms with E-state index in [4.69, 9.17) is 6.57 Å². The molecule has 228 valence electrons. The molecule has 0 amide bonds. The van der Waals surface area contributed by atoms with Crippen LogP contribution in [0.5, 0.6) is 0 Å². The van der Waals surface area contributed by atoms with Crippen LogP contribution in [0.25, 0.3) is 21.7 Å². The molecule has 1 aromatic heterocycles. The molecule has 0 radical (unpaired) electrons. The largest absolute Gasteiger partial charge is 0.259 e. The molecule has 0 unspecified atom stereocenters. The van der Waals surface area contributed by atoms with Gasteiger partial charge in [0.25, 0.3) is 5.70 Å². The van der Waals surface area contributed by atoms with Gasteiger partial charge in [0.05, 0.1) is 50.1 Å². The smallest absolute Gasteiger partial charge is 0.255 e. The number of pyridine rings is 1. The van der Waals surface area contributed by atoms with Crippen molar-refractivity contribution >= 4 is 16.8 Å². The Morgan fingerprint density at radius 3 is 1.19 bits per heavy atom. The van der Waals surface area contributed by atoms with E-state index in [-0.39, 0.29) is 83.4 Å². The molecule has 0 aliphatic carbocycles. The second-order valence-corrected chi connectivity index (χ2v) is 9.97. The van der Waals surface area contributed by atoms with Gasteiger partial charge in [0.1, 0.15) is 23.3 Å². The van der Waals surface area contributed by atoms with Gasteiger partial charge < -0.3 is 0 Å². The number of nitrogens with zero attached hydrogens (tertiary/aromatic N) is 10. The first kappa shape index (κ1) is 29.6. The molecular weight excluding hydrogens is 638 g/mol. The van der Waals surface area contributed by atoms with Crippen molar-refractivity contribution < 1.29 is 26.3 Å². The van der Waals surface area contributed by atoms with E-state index >= 15 is 0 Å². The zero-order valence-electron chi connectivity index (χ0n) is 23.4. The van der Waals surface area contributed by atoms with Gasteiger partial charge in [-0.15, -0.1) is 0 Å². The topological polar surface area (TPSA) is 139 Å². The Morgan fingerprint density at radius 1 is 0.500 bits per heavy atom. The van der Waals surface area contributed by atoms with E-state index < -0.39 is 34.9 Å². The minimum Gasteiger partial charge on any atom is -0.259 e. The average Bonchev–Trinajstić information content (AvgIpc) is 3.76. The van der Waals surface area contributed by atoms with Crippen LogP contribution in [0.4, 0.5) is 26.3 Å². The van der Waals surface area contributed by atoms with Gasteiger partial charge in [-0.1, -0.05) is 0 Å². The first-order chi connectivity index (χ1) is 23.1. The number of hydrogen-bond donors (Lipinski definition) is 0. The molecule has 48 heavy (non-hydrogen) atoms. The highest BCUT2D eigenvalue weighted by Gasteiger charge is 2.23. The molecule has 4 aromatic rings. The molecule has 0 fully saturated rings. The van der Waals surface area contributed by atoms with E-state index in [0.717, 1.165) is 36.4 Å². The highest BCUT2D eigenvalue weighted by Crippen LogP contribution is 2.30. The Kier molecular flexibility index (Phi) is 6.81. The highest BCUT2D eigenvalue weighted by molar-refractivity contribution is 5.86. The van der Waals surface area contributed by atoms with Crippen molar-refractivity contribution in [2.45, 2.75) is 0 Å². The van der Waals surface area contributed by atoms with E-state index in [1.54, 1.807) is 0 Å². The normalized spacial score (nSPS) is 13.2. The predicted octanol–water partition coefficient (Wildman–Crippen LogP) is 2.70. The lowest BCUT2D eigenvalue weighted by atomic mass is 10.0. The lowest BCUT2D eigenvalue weighted by molar-refractivity contribution is 0.506. The van der Waals surface area contributed by atoms with Crippen molar-refractivity contribution in [3.05, 3.63) is 161 Å². The molecule has 7 rings (SSSR count). The maximum Gasteiger partial charge on any atom is 0.255 e. The zero-order valence-corrected chi connectivity index (χ0v) is 23.4. The second kappa shape index (κ2) is 11.0. The molecule has 0 N–H and O–H groups in total. The van der Waals surface area contributed by atoms with Gasteiger partial charge in [-0.25, -0.2) is 61.1 Å². The fraction of sp³-hybridized carbons (Fsp3) is 0. The number of nitriles is 2. The zero-order chi connectivity index (χ0) is 33.9. The first-order valence-corrected chi connectivity index (χ1v) is 13.3. The molecule has 0 spiro atoms. The third kappa shape index (κ3) is 4.88. The van der Waals surface area contributed by atoms with E-state index in [1.165, 1.54) is 12.1 Å². The van der Waals surface area contributed by atoms with E-state index in [0.29, 0.717) is 0 Å². The molecule has 3 aliphatic heterocycles. The summed E-state index contributed by atoms with van der Waals surface area (Å²) in [6.45, 7) is 7.88. The fourth-order valence-electron chi connectivity index (χ4n) is 4.82. The van der Waals surface area contributed by atoms with Crippen molar-refractivity contribution in [3.8, 4) is 12.1 Å². The van der Waals surface area contributed by atoms with E-state index in [2.05, 4.69) is 39.8 Å². The van der Waals surface area contributed by atoms with Crippen molar-refractivity contribution in [2.75, 3.05) is 0 Å². The Morgan fingerprint density at radius 2 is 0.833 bits per heavy atom. The first-order valence-electron chi connectivity index (χ1n) is 13.3. The second-order valence-electron chi connectivity index (χ2n) is 9.97. The highest BCUT2D eigenvalue weighted by atomic mass is 19.2. The van der Waals surface area contributed by atoms with Gasteiger partial charge in [0.2, 0.25) is 0 Å². The Labute approximate surface area is 262 Å². The summed E-state index contributed by atoms with van der Waals surface area (Å²) in [6, 6.07) is 10.9. The number of fused-ring (bicyclic) bond motifs is 3. The molecule has 10 nitrogen and oxygen atoms in total. The molecule has 3 aliphatic rings. The van der Waals surface area contributed by atoms with Crippen molar-refractivity contribution in [3.63, 3.8) is 0 Å². The number of rotatable bonds is 3. The van der Waals surface area contributed by atoms with Crippen molar-refractivity contribution in [2.24, 2.45) is 30.0 Å². The van der Waals surface area contributed by atoms with Crippen LogP contribution in [0.1, 0.15) is 17.0 Å². The lowest BCUT2D eigenvalue weighted by Gasteiger charge is -2.09. The molecule has 3 aromatic carbocycles. The number of hydrogen-bond acceptors (Lipinski definition) is 9. The SMILES string of the molecule is [C-]#[N+]C(=C1N=c2cc(F)c(F)cc2=N1)c1cc(C(C#N)=C2N=c3cc(F)c(F)cc3=N2)cc(C(C#N)=C2N=c3cc(F)c(F)cc3=N2)n1. The Hall–Kier alpha value is -7.12. The summed E-state index contributed by atoms with van der Waals surface area (Å²) in [5.41, 5.74) is -1.54. The third-order valence-corrected chi connectivity index (χ3v) is 7.02. The number of benzene rings is 3. The van der Waals surface area contributed by atoms with E-state index in [1.807, 2.05) is 12.1 Å². The summed E-state index contributed by atoms with van der Waals surface area (Å²) in [4.78, 5) is 32.6. The summed E-state index contributed by atoms with van der Waals surface area (Å²) in [7, 11) is 0. The molecule has 0 saturated heterocycles. The van der Waals surface area contributed by atoms with Gasteiger partial charge >= 0.3 is 0 Å². The number of aromatic nitrogens is 1. The Bertz CT molecular complexity index is 2390. The van der Waals surface area contributed by atoms with Crippen molar-refractivity contribution in [1.82, 2.24) is 4.98 Å². The Balaban J connectivity index is 1.50. The number of halogens is 6. The predicted molar refractivity (Wildman–Crippen MR) is 149 cm³/mol. The van der Waals surface area contributed by atoms with Gasteiger partial charge in [-0.2, -0.15) is 10.5 Å². The van der Waals surface area contributed by atoms with Gasteiger partial charge in [0, 0.05) is 36.4 Å². The molecule has 16 heteroatoms. The van der Waals surface area contributed by atoms with Crippen LogP contribution in [0, 0.1) is 64.1 Å². The van der Waals surface area contributed by atoms with Gasteiger partial charge in [0.15, 0.2) is 52.4 Å². The summed E-state index contributed by atoms with van der Waals surface area (Å²) < 4.78 is 83.4. The minimum absolute atomic E-state index is 0.0518. The third-order valence-electron chi connectivity index (χ3n) is 7.02. The van der Waals surface area contributed by atoms with E-state index in [9.17, 15) is 36.9 Å². The van der Waals surface area contributed by atoms with Crippen LogP contribution >= 0.6 is 0 Å². The van der Waals surface area contributed by atoms with Gasteiger partial charge in [-0.3, -0.25) is 4.98 Å². The molecule has 0 bridgehead atoms. The van der Waals surface area contributed by atoms with Crippen LogP contribution in [0.2, 0.25) is 0 Å². The average molecular weight is 646 g/mol. The van der Waals surface area contributed by atoms with Crippen LogP contribution in [-0.4, -0.2) is 4.98 Å². The minimum atomic E-state index is -1.21. The molecule has 0 saturated carbocycles. The van der Waals surface area contributed by atoms with Crippen molar-refractivity contribution in [1.29, 1.82) is 10.5 Å². The molecular formula is C32H8F6N10. The monoisotopic (exact) mass is 646 g/mol.